The molecule has 32 heavy (non-hydrogen) atoms. The average molecular weight is 427 g/mol. The van der Waals surface area contributed by atoms with Crippen LogP contribution in [0.25, 0.3) is 0 Å². The normalized spacial score (nSPS) is 10.4. The second-order valence-electron chi connectivity index (χ2n) is 7.18. The molecule has 0 aliphatic heterocycles. The molecule has 0 spiro atoms. The van der Waals surface area contributed by atoms with Crippen molar-refractivity contribution in [2.75, 3.05) is 10.6 Å². The zero-order chi connectivity index (χ0) is 22.5. The first-order chi connectivity index (χ1) is 15.5. The standard InChI is InChI=1S/C24H21N5O3/c1-16-8-13-21(17(2)14-16)28-24-22(29(30)31)23(25-15-26-24)27-18-9-11-20(12-10-18)32-19-6-4-3-5-7-19/h3-15H,1-2H3,(H2,25,26,27,28). The molecule has 0 aliphatic carbocycles. The van der Waals surface area contributed by atoms with Crippen LogP contribution in [0, 0.1) is 24.0 Å². The van der Waals surface area contributed by atoms with Crippen molar-refractivity contribution in [1.82, 2.24) is 9.97 Å². The summed E-state index contributed by atoms with van der Waals surface area (Å²) >= 11 is 0. The van der Waals surface area contributed by atoms with Crippen LogP contribution in [-0.4, -0.2) is 14.9 Å². The number of para-hydroxylation sites is 1. The van der Waals surface area contributed by atoms with E-state index in [1.807, 2.05) is 62.4 Å². The van der Waals surface area contributed by atoms with Gasteiger partial charge in [0.1, 0.15) is 17.8 Å². The third kappa shape index (κ3) is 4.81. The number of rotatable bonds is 7. The minimum absolute atomic E-state index is 0.0917. The van der Waals surface area contributed by atoms with E-state index >= 15 is 0 Å². The lowest BCUT2D eigenvalue weighted by molar-refractivity contribution is -0.383. The minimum atomic E-state index is -0.499. The van der Waals surface area contributed by atoms with E-state index in [4.69, 9.17) is 4.74 Å². The summed E-state index contributed by atoms with van der Waals surface area (Å²) in [5, 5.41) is 17.9. The zero-order valence-corrected chi connectivity index (χ0v) is 17.6. The highest BCUT2D eigenvalue weighted by Gasteiger charge is 2.23. The number of hydrogen-bond acceptors (Lipinski definition) is 7. The molecule has 0 amide bonds. The summed E-state index contributed by atoms with van der Waals surface area (Å²) in [5.41, 5.74) is 3.20. The molecule has 4 aromatic rings. The summed E-state index contributed by atoms with van der Waals surface area (Å²) in [5.74, 6) is 1.58. The average Bonchev–Trinajstić information content (AvgIpc) is 2.78. The summed E-state index contributed by atoms with van der Waals surface area (Å²) in [4.78, 5) is 19.5. The number of ether oxygens (including phenoxy) is 1. The molecule has 1 aromatic heterocycles. The fraction of sp³-hybridized carbons (Fsp3) is 0.0833. The van der Waals surface area contributed by atoms with Crippen LogP contribution in [-0.2, 0) is 0 Å². The van der Waals surface area contributed by atoms with Crippen molar-refractivity contribution in [2.24, 2.45) is 0 Å². The summed E-state index contributed by atoms with van der Waals surface area (Å²) < 4.78 is 5.78. The Hall–Kier alpha value is -4.46. The molecule has 8 heteroatoms. The highest BCUT2D eigenvalue weighted by atomic mass is 16.6. The topological polar surface area (TPSA) is 102 Å². The Morgan fingerprint density at radius 3 is 2.16 bits per heavy atom. The summed E-state index contributed by atoms with van der Waals surface area (Å²) in [6.45, 7) is 3.92. The molecule has 0 aliphatic rings. The Morgan fingerprint density at radius 2 is 1.50 bits per heavy atom. The van der Waals surface area contributed by atoms with Crippen LogP contribution in [0.4, 0.5) is 28.7 Å². The first kappa shape index (κ1) is 20.8. The molecule has 160 valence electrons. The van der Waals surface area contributed by atoms with Gasteiger partial charge in [-0.3, -0.25) is 10.1 Å². The van der Waals surface area contributed by atoms with Crippen molar-refractivity contribution in [1.29, 1.82) is 0 Å². The van der Waals surface area contributed by atoms with Gasteiger partial charge in [-0.05, 0) is 61.9 Å². The van der Waals surface area contributed by atoms with Gasteiger partial charge in [0.25, 0.3) is 0 Å². The van der Waals surface area contributed by atoms with Gasteiger partial charge < -0.3 is 15.4 Å². The molecule has 0 fully saturated rings. The van der Waals surface area contributed by atoms with E-state index in [9.17, 15) is 10.1 Å². The molecule has 3 aromatic carbocycles. The highest BCUT2D eigenvalue weighted by Crippen LogP contribution is 2.34. The monoisotopic (exact) mass is 427 g/mol. The molecular weight excluding hydrogens is 406 g/mol. The van der Waals surface area contributed by atoms with Gasteiger partial charge >= 0.3 is 5.69 Å². The molecule has 4 rings (SSSR count). The van der Waals surface area contributed by atoms with Crippen LogP contribution >= 0.6 is 0 Å². The SMILES string of the molecule is Cc1ccc(Nc2ncnc(Nc3ccc(Oc4ccccc4)cc3)c2[N+](=O)[O-])c(C)c1. The van der Waals surface area contributed by atoms with E-state index in [-0.39, 0.29) is 17.3 Å². The second-order valence-corrected chi connectivity index (χ2v) is 7.18. The van der Waals surface area contributed by atoms with E-state index in [0.717, 1.165) is 22.6 Å². The molecule has 0 unspecified atom stereocenters. The Morgan fingerprint density at radius 1 is 0.844 bits per heavy atom. The first-order valence-corrected chi connectivity index (χ1v) is 9.93. The van der Waals surface area contributed by atoms with Gasteiger partial charge in [0.2, 0.25) is 11.6 Å². The maximum absolute atomic E-state index is 11.8. The van der Waals surface area contributed by atoms with Crippen molar-refractivity contribution in [2.45, 2.75) is 13.8 Å². The van der Waals surface area contributed by atoms with Gasteiger partial charge in [-0.2, -0.15) is 0 Å². The third-order valence-corrected chi connectivity index (χ3v) is 4.74. The highest BCUT2D eigenvalue weighted by molar-refractivity contribution is 5.77. The van der Waals surface area contributed by atoms with Crippen molar-refractivity contribution < 1.29 is 9.66 Å². The maximum Gasteiger partial charge on any atom is 0.353 e. The number of nitrogens with one attached hydrogen (secondary N) is 2. The molecule has 0 saturated heterocycles. The largest absolute Gasteiger partial charge is 0.457 e. The quantitative estimate of drug-likeness (QED) is 0.264. The molecule has 8 nitrogen and oxygen atoms in total. The van der Waals surface area contributed by atoms with Crippen molar-refractivity contribution in [3.8, 4) is 11.5 Å². The Labute approximate surface area is 185 Å². The van der Waals surface area contributed by atoms with E-state index in [0.29, 0.717) is 11.4 Å². The number of aromatic nitrogens is 2. The van der Waals surface area contributed by atoms with Crippen LogP contribution in [0.3, 0.4) is 0 Å². The third-order valence-electron chi connectivity index (χ3n) is 4.74. The van der Waals surface area contributed by atoms with Crippen molar-refractivity contribution >= 4 is 28.7 Å². The molecular formula is C24H21N5O3. The van der Waals surface area contributed by atoms with E-state index in [1.54, 1.807) is 24.3 Å². The van der Waals surface area contributed by atoms with Crippen LogP contribution < -0.4 is 15.4 Å². The lowest BCUT2D eigenvalue weighted by atomic mass is 10.1. The van der Waals surface area contributed by atoms with Crippen molar-refractivity contribution in [3.05, 3.63) is 100 Å². The van der Waals surface area contributed by atoms with E-state index < -0.39 is 4.92 Å². The minimum Gasteiger partial charge on any atom is -0.457 e. The summed E-state index contributed by atoms with van der Waals surface area (Å²) in [6, 6.07) is 22.3. The van der Waals surface area contributed by atoms with Gasteiger partial charge in [0.15, 0.2) is 0 Å². The fourth-order valence-corrected chi connectivity index (χ4v) is 3.18. The van der Waals surface area contributed by atoms with E-state index in [2.05, 4.69) is 20.6 Å². The fourth-order valence-electron chi connectivity index (χ4n) is 3.18. The first-order valence-electron chi connectivity index (χ1n) is 9.93. The van der Waals surface area contributed by atoms with Crippen LogP contribution in [0.2, 0.25) is 0 Å². The molecule has 0 atom stereocenters. The van der Waals surface area contributed by atoms with Gasteiger partial charge in [0.05, 0.1) is 4.92 Å². The molecule has 2 N–H and O–H groups in total. The van der Waals surface area contributed by atoms with E-state index in [1.165, 1.54) is 6.33 Å². The molecule has 0 bridgehead atoms. The van der Waals surface area contributed by atoms with Gasteiger partial charge in [-0.15, -0.1) is 0 Å². The Bertz CT molecular complexity index is 1240. The smallest absolute Gasteiger partial charge is 0.353 e. The lowest BCUT2D eigenvalue weighted by Crippen LogP contribution is -2.06. The Balaban J connectivity index is 1.57. The number of anilines is 4. The summed E-state index contributed by atoms with van der Waals surface area (Å²) in [6.07, 6.45) is 1.29. The number of aryl methyl sites for hydroxylation is 2. The Kier molecular flexibility index (Phi) is 5.94. The molecule has 0 radical (unpaired) electrons. The van der Waals surface area contributed by atoms with Gasteiger partial charge in [0, 0.05) is 11.4 Å². The lowest BCUT2D eigenvalue weighted by Gasteiger charge is -2.12. The molecule has 0 saturated carbocycles. The molecule has 1 heterocycles. The van der Waals surface area contributed by atoms with Gasteiger partial charge in [-0.1, -0.05) is 35.9 Å². The number of hydrogen-bond donors (Lipinski definition) is 2. The van der Waals surface area contributed by atoms with Crippen molar-refractivity contribution in [3.63, 3.8) is 0 Å². The summed E-state index contributed by atoms with van der Waals surface area (Å²) in [7, 11) is 0. The number of nitro groups is 1. The number of benzene rings is 3. The number of nitrogens with zero attached hydrogens (tertiary/aromatic N) is 3. The second kappa shape index (κ2) is 9.13. The zero-order valence-electron chi connectivity index (χ0n) is 17.6. The van der Waals surface area contributed by atoms with Gasteiger partial charge in [-0.25, -0.2) is 9.97 Å². The maximum atomic E-state index is 11.8. The van der Waals surface area contributed by atoms with Crippen LogP contribution in [0.15, 0.2) is 79.1 Å². The predicted molar refractivity (Wildman–Crippen MR) is 124 cm³/mol. The van der Waals surface area contributed by atoms with Crippen LogP contribution in [0.5, 0.6) is 11.5 Å². The van der Waals surface area contributed by atoms with Crippen LogP contribution in [0.1, 0.15) is 11.1 Å². The predicted octanol–water partition coefficient (Wildman–Crippen LogP) is 6.28.